The molecule has 1 aromatic rings. The summed E-state index contributed by atoms with van der Waals surface area (Å²) in [4.78, 5) is 9.71. The summed E-state index contributed by atoms with van der Waals surface area (Å²) >= 11 is 0. The maximum absolute atomic E-state index is 13.4. The number of aryl methyl sites for hydroxylation is 1. The normalized spacial score (nSPS) is 13.3. The van der Waals surface area contributed by atoms with Crippen LogP contribution < -0.4 is 4.72 Å². The molecule has 100 valence electrons. The Morgan fingerprint density at radius 3 is 2.61 bits per heavy atom. The van der Waals surface area contributed by atoms with Crippen LogP contribution in [-0.2, 0) is 14.8 Å². The van der Waals surface area contributed by atoms with Gasteiger partial charge in [-0.15, -0.1) is 0 Å². The first-order valence-electron chi connectivity index (χ1n) is 4.91. The van der Waals surface area contributed by atoms with E-state index in [9.17, 15) is 17.6 Å². The zero-order valence-corrected chi connectivity index (χ0v) is 10.2. The lowest BCUT2D eigenvalue weighted by molar-refractivity contribution is -0.146. The number of aliphatic carboxylic acids is 1. The zero-order chi connectivity index (χ0) is 13.9. The van der Waals surface area contributed by atoms with Crippen molar-refractivity contribution in [2.75, 3.05) is 6.54 Å². The van der Waals surface area contributed by atoms with Crippen molar-refractivity contribution < 1.29 is 27.8 Å². The van der Waals surface area contributed by atoms with Crippen molar-refractivity contribution in [1.29, 1.82) is 0 Å². The molecule has 0 spiro atoms. The van der Waals surface area contributed by atoms with E-state index in [0.717, 1.165) is 12.1 Å². The summed E-state index contributed by atoms with van der Waals surface area (Å²) in [6.07, 6.45) is -1.88. The van der Waals surface area contributed by atoms with Crippen LogP contribution >= 0.6 is 0 Å². The molecule has 1 atom stereocenters. The van der Waals surface area contributed by atoms with Gasteiger partial charge in [0, 0.05) is 6.54 Å². The highest BCUT2D eigenvalue weighted by atomic mass is 32.2. The van der Waals surface area contributed by atoms with E-state index in [-0.39, 0.29) is 0 Å². The Morgan fingerprint density at radius 2 is 2.11 bits per heavy atom. The van der Waals surface area contributed by atoms with Crippen molar-refractivity contribution in [3.63, 3.8) is 0 Å². The van der Waals surface area contributed by atoms with Gasteiger partial charge in [-0.25, -0.2) is 22.3 Å². The topological polar surface area (TPSA) is 104 Å². The maximum Gasteiger partial charge on any atom is 0.333 e. The fourth-order valence-electron chi connectivity index (χ4n) is 1.18. The Hall–Kier alpha value is -1.51. The van der Waals surface area contributed by atoms with Crippen LogP contribution in [-0.4, -0.2) is 37.2 Å². The first-order valence-corrected chi connectivity index (χ1v) is 6.39. The van der Waals surface area contributed by atoms with E-state index in [4.69, 9.17) is 10.2 Å². The van der Waals surface area contributed by atoms with Gasteiger partial charge in [0.2, 0.25) is 10.0 Å². The molecule has 3 N–H and O–H groups in total. The number of hydrogen-bond donors (Lipinski definition) is 3. The molecular weight excluding hydrogens is 265 g/mol. The summed E-state index contributed by atoms with van der Waals surface area (Å²) in [6, 6.07) is 3.52. The molecule has 6 nitrogen and oxygen atoms in total. The monoisotopic (exact) mass is 277 g/mol. The molecule has 0 fully saturated rings. The summed E-state index contributed by atoms with van der Waals surface area (Å²) in [5.74, 6) is -2.51. The Balaban J connectivity index is 2.90. The number of benzene rings is 1. The summed E-state index contributed by atoms with van der Waals surface area (Å²) in [5, 5.41) is 17.3. The Morgan fingerprint density at radius 1 is 1.50 bits per heavy atom. The molecule has 0 bridgehead atoms. The highest BCUT2D eigenvalue weighted by molar-refractivity contribution is 7.89. The number of halogens is 1. The molecule has 0 radical (unpaired) electrons. The van der Waals surface area contributed by atoms with Crippen LogP contribution in [0.15, 0.2) is 23.1 Å². The zero-order valence-electron chi connectivity index (χ0n) is 9.42. The smallest absolute Gasteiger partial charge is 0.333 e. The van der Waals surface area contributed by atoms with E-state index in [1.165, 1.54) is 6.07 Å². The van der Waals surface area contributed by atoms with Crippen molar-refractivity contribution >= 4 is 16.0 Å². The molecule has 0 saturated carbocycles. The highest BCUT2D eigenvalue weighted by Crippen LogP contribution is 2.15. The molecule has 0 saturated heterocycles. The highest BCUT2D eigenvalue weighted by Gasteiger charge is 2.22. The lowest BCUT2D eigenvalue weighted by atomic mass is 10.2. The Kier molecular flexibility index (Phi) is 4.38. The van der Waals surface area contributed by atoms with E-state index in [2.05, 4.69) is 0 Å². The van der Waals surface area contributed by atoms with Crippen molar-refractivity contribution in [1.82, 2.24) is 4.72 Å². The maximum atomic E-state index is 13.4. The van der Waals surface area contributed by atoms with Gasteiger partial charge in [0.1, 0.15) is 10.7 Å². The van der Waals surface area contributed by atoms with Gasteiger partial charge in [0.25, 0.3) is 0 Å². The quantitative estimate of drug-likeness (QED) is 0.695. The van der Waals surface area contributed by atoms with Crippen LogP contribution in [0.2, 0.25) is 0 Å². The number of rotatable bonds is 5. The van der Waals surface area contributed by atoms with Gasteiger partial charge in [-0.2, -0.15) is 0 Å². The SMILES string of the molecule is Cc1ccc(S(=O)(=O)NCC(O)C(=O)O)c(F)c1. The van der Waals surface area contributed by atoms with Crippen LogP contribution in [0.4, 0.5) is 4.39 Å². The second-order valence-electron chi connectivity index (χ2n) is 3.64. The van der Waals surface area contributed by atoms with Gasteiger partial charge >= 0.3 is 5.97 Å². The van der Waals surface area contributed by atoms with Crippen LogP contribution in [0.3, 0.4) is 0 Å². The summed E-state index contributed by atoms with van der Waals surface area (Å²) in [7, 11) is -4.18. The summed E-state index contributed by atoms with van der Waals surface area (Å²) < 4.78 is 38.5. The predicted molar refractivity (Wildman–Crippen MR) is 60.0 cm³/mol. The molecule has 0 heterocycles. The average molecular weight is 277 g/mol. The molecule has 8 heteroatoms. The first kappa shape index (κ1) is 14.6. The van der Waals surface area contributed by atoms with E-state index in [0.29, 0.717) is 5.56 Å². The molecule has 0 aliphatic heterocycles. The largest absolute Gasteiger partial charge is 0.479 e. The molecule has 0 aliphatic carbocycles. The molecule has 1 unspecified atom stereocenters. The molecule has 1 aromatic carbocycles. The Bertz CT molecular complexity index is 557. The average Bonchev–Trinajstić information content (AvgIpc) is 2.25. The number of hydrogen-bond acceptors (Lipinski definition) is 4. The van der Waals surface area contributed by atoms with Gasteiger partial charge in [0.05, 0.1) is 0 Å². The van der Waals surface area contributed by atoms with Crippen molar-refractivity contribution in [3.05, 3.63) is 29.6 Å². The number of sulfonamides is 1. The van der Waals surface area contributed by atoms with Crippen LogP contribution in [0.1, 0.15) is 5.56 Å². The number of carbonyl (C=O) groups is 1. The second kappa shape index (κ2) is 5.42. The van der Waals surface area contributed by atoms with E-state index in [1.807, 2.05) is 4.72 Å². The first-order chi connectivity index (χ1) is 8.24. The number of carboxylic acid groups (broad SMARTS) is 1. The van der Waals surface area contributed by atoms with Gasteiger partial charge in [-0.1, -0.05) is 6.07 Å². The van der Waals surface area contributed by atoms with Crippen LogP contribution in [0.25, 0.3) is 0 Å². The minimum Gasteiger partial charge on any atom is -0.479 e. The second-order valence-corrected chi connectivity index (χ2v) is 5.38. The summed E-state index contributed by atoms with van der Waals surface area (Å²) in [5.41, 5.74) is 0.553. The number of aliphatic hydroxyl groups is 1. The van der Waals surface area contributed by atoms with Crippen LogP contribution in [0.5, 0.6) is 0 Å². The Labute approximate surface area is 103 Å². The fourth-order valence-corrected chi connectivity index (χ4v) is 2.27. The van der Waals surface area contributed by atoms with Crippen molar-refractivity contribution in [2.45, 2.75) is 17.9 Å². The molecular formula is C10H12FNO5S. The van der Waals surface area contributed by atoms with Gasteiger partial charge in [-0.3, -0.25) is 0 Å². The van der Waals surface area contributed by atoms with E-state index >= 15 is 0 Å². The molecule has 0 aliphatic rings. The fraction of sp³-hybridized carbons (Fsp3) is 0.300. The number of carboxylic acids is 1. The van der Waals surface area contributed by atoms with Gasteiger partial charge in [-0.05, 0) is 24.6 Å². The van der Waals surface area contributed by atoms with Crippen molar-refractivity contribution in [2.24, 2.45) is 0 Å². The number of aliphatic hydroxyl groups excluding tert-OH is 1. The standard InChI is InChI=1S/C10H12FNO5S/c1-6-2-3-9(7(11)4-6)18(16,17)12-5-8(13)10(14)15/h2-4,8,12-13H,5H2,1H3,(H,14,15). The van der Waals surface area contributed by atoms with Gasteiger partial charge < -0.3 is 10.2 Å². The third kappa shape index (κ3) is 3.49. The van der Waals surface area contributed by atoms with Crippen LogP contribution in [0, 0.1) is 12.7 Å². The third-order valence-corrected chi connectivity index (χ3v) is 3.59. The predicted octanol–water partition coefficient (Wildman–Crippen LogP) is -0.142. The molecule has 0 amide bonds. The lowest BCUT2D eigenvalue weighted by Crippen LogP contribution is -2.36. The van der Waals surface area contributed by atoms with Gasteiger partial charge in [0.15, 0.2) is 6.10 Å². The number of nitrogens with one attached hydrogen (secondary N) is 1. The molecule has 1 rings (SSSR count). The third-order valence-electron chi connectivity index (χ3n) is 2.13. The minimum atomic E-state index is -4.18. The van der Waals surface area contributed by atoms with E-state index in [1.54, 1.807) is 6.92 Å². The summed E-state index contributed by atoms with van der Waals surface area (Å²) in [6.45, 7) is 0.867. The minimum absolute atomic E-state index is 0.553. The molecule has 0 aromatic heterocycles. The molecule has 18 heavy (non-hydrogen) atoms. The lowest BCUT2D eigenvalue weighted by Gasteiger charge is -2.09. The van der Waals surface area contributed by atoms with Crippen molar-refractivity contribution in [3.8, 4) is 0 Å². The van der Waals surface area contributed by atoms with E-state index < -0.39 is 39.4 Å².